The standard InChI is InChI=1S/C13H16ClN3O3/c1-8(13(2,3)4)15-16-12(18)9-5-6-10(14)11(7-9)17(19)20/h5-7H,1-4H3,(H,16,18). The lowest BCUT2D eigenvalue weighted by molar-refractivity contribution is -0.384. The van der Waals surface area contributed by atoms with Crippen molar-refractivity contribution in [1.29, 1.82) is 0 Å². The SMILES string of the molecule is CC(=NNC(=O)c1ccc(Cl)c([N+](=O)[O-])c1)C(C)(C)C. The molecule has 20 heavy (non-hydrogen) atoms. The minimum atomic E-state index is -0.636. The average Bonchev–Trinajstić information content (AvgIpc) is 2.34. The van der Waals surface area contributed by atoms with Crippen molar-refractivity contribution in [3.63, 3.8) is 0 Å². The molecule has 0 unspecified atom stereocenters. The monoisotopic (exact) mass is 297 g/mol. The Morgan fingerprint density at radius 3 is 2.50 bits per heavy atom. The third-order valence-electron chi connectivity index (χ3n) is 2.82. The molecule has 0 saturated carbocycles. The number of hydrogen-bond acceptors (Lipinski definition) is 4. The quantitative estimate of drug-likeness (QED) is 0.527. The highest BCUT2D eigenvalue weighted by atomic mass is 35.5. The smallest absolute Gasteiger partial charge is 0.267 e. The van der Waals surface area contributed by atoms with E-state index in [1.54, 1.807) is 6.92 Å². The van der Waals surface area contributed by atoms with Crippen molar-refractivity contribution < 1.29 is 9.72 Å². The molecule has 0 heterocycles. The zero-order valence-electron chi connectivity index (χ0n) is 11.7. The number of nitro benzene ring substituents is 1. The predicted octanol–water partition coefficient (Wildman–Crippen LogP) is 3.40. The largest absolute Gasteiger partial charge is 0.288 e. The molecule has 0 aliphatic carbocycles. The summed E-state index contributed by atoms with van der Waals surface area (Å²) < 4.78 is 0. The maximum Gasteiger partial charge on any atom is 0.288 e. The summed E-state index contributed by atoms with van der Waals surface area (Å²) in [4.78, 5) is 22.0. The second-order valence-electron chi connectivity index (χ2n) is 5.31. The Bertz CT molecular complexity index is 577. The van der Waals surface area contributed by atoms with Crippen molar-refractivity contribution in [2.24, 2.45) is 10.5 Å². The van der Waals surface area contributed by atoms with Crippen LogP contribution in [-0.2, 0) is 0 Å². The molecule has 0 radical (unpaired) electrons. The second-order valence-corrected chi connectivity index (χ2v) is 5.72. The molecule has 0 bridgehead atoms. The molecule has 1 aromatic rings. The van der Waals surface area contributed by atoms with Crippen molar-refractivity contribution in [3.8, 4) is 0 Å². The van der Waals surface area contributed by atoms with Gasteiger partial charge in [0.05, 0.1) is 4.92 Å². The first-order chi connectivity index (χ1) is 9.12. The first kappa shape index (κ1) is 16.1. The summed E-state index contributed by atoms with van der Waals surface area (Å²) in [5.41, 5.74) is 2.77. The fourth-order valence-electron chi connectivity index (χ4n) is 1.16. The summed E-state index contributed by atoms with van der Waals surface area (Å²) in [5, 5.41) is 14.7. The highest BCUT2D eigenvalue weighted by Gasteiger charge is 2.17. The molecule has 0 atom stereocenters. The van der Waals surface area contributed by atoms with Crippen molar-refractivity contribution >= 4 is 28.9 Å². The molecule has 0 aromatic heterocycles. The van der Waals surface area contributed by atoms with Crippen molar-refractivity contribution in [2.45, 2.75) is 27.7 Å². The summed E-state index contributed by atoms with van der Waals surface area (Å²) in [6.45, 7) is 7.69. The number of nitrogens with zero attached hydrogens (tertiary/aromatic N) is 2. The van der Waals surface area contributed by atoms with Gasteiger partial charge < -0.3 is 0 Å². The fraction of sp³-hybridized carbons (Fsp3) is 0.385. The number of carbonyl (C=O) groups excluding carboxylic acids is 1. The Kier molecular flexibility index (Phi) is 4.83. The molecule has 0 aliphatic rings. The fourth-order valence-corrected chi connectivity index (χ4v) is 1.35. The van der Waals surface area contributed by atoms with Crippen LogP contribution in [0.15, 0.2) is 23.3 Å². The minimum absolute atomic E-state index is 0.0130. The molecule has 1 rings (SSSR count). The zero-order valence-corrected chi connectivity index (χ0v) is 12.5. The number of carbonyl (C=O) groups is 1. The van der Waals surface area contributed by atoms with Gasteiger partial charge in [-0.05, 0) is 19.1 Å². The lowest BCUT2D eigenvalue weighted by Crippen LogP contribution is -2.24. The van der Waals surface area contributed by atoms with Gasteiger partial charge in [-0.3, -0.25) is 14.9 Å². The molecular weight excluding hydrogens is 282 g/mol. The van der Waals surface area contributed by atoms with Crippen LogP contribution >= 0.6 is 11.6 Å². The van der Waals surface area contributed by atoms with Gasteiger partial charge in [-0.25, -0.2) is 5.43 Å². The van der Waals surface area contributed by atoms with E-state index in [0.717, 1.165) is 11.8 Å². The normalized spacial score (nSPS) is 12.2. The average molecular weight is 298 g/mol. The van der Waals surface area contributed by atoms with E-state index in [4.69, 9.17) is 11.6 Å². The van der Waals surface area contributed by atoms with Crippen LogP contribution in [0, 0.1) is 15.5 Å². The van der Waals surface area contributed by atoms with Gasteiger partial charge in [0.1, 0.15) is 5.02 Å². The Labute approximate surface area is 122 Å². The Hall–Kier alpha value is -1.95. The van der Waals surface area contributed by atoms with E-state index in [-0.39, 0.29) is 21.7 Å². The molecule has 6 nitrogen and oxygen atoms in total. The van der Waals surface area contributed by atoms with Crippen molar-refractivity contribution in [2.75, 3.05) is 0 Å². The molecule has 0 aliphatic heterocycles. The minimum Gasteiger partial charge on any atom is -0.267 e. The Morgan fingerprint density at radius 2 is 2.00 bits per heavy atom. The van der Waals surface area contributed by atoms with Crippen LogP contribution in [0.4, 0.5) is 5.69 Å². The molecule has 7 heteroatoms. The molecule has 1 aromatic carbocycles. The zero-order chi connectivity index (χ0) is 15.5. The number of hydrazone groups is 1. The third kappa shape index (κ3) is 4.03. The van der Waals surface area contributed by atoms with Crippen LogP contribution in [0.3, 0.4) is 0 Å². The molecule has 0 saturated heterocycles. The van der Waals surface area contributed by atoms with Gasteiger partial charge in [0, 0.05) is 22.8 Å². The van der Waals surface area contributed by atoms with E-state index in [9.17, 15) is 14.9 Å². The van der Waals surface area contributed by atoms with Gasteiger partial charge >= 0.3 is 0 Å². The van der Waals surface area contributed by atoms with Crippen molar-refractivity contribution in [1.82, 2.24) is 5.43 Å². The molecule has 0 fully saturated rings. The van der Waals surface area contributed by atoms with Crippen LogP contribution in [0.1, 0.15) is 38.1 Å². The van der Waals surface area contributed by atoms with E-state index < -0.39 is 10.8 Å². The second kappa shape index (κ2) is 6.00. The molecule has 108 valence electrons. The van der Waals surface area contributed by atoms with Crippen LogP contribution in [0.2, 0.25) is 5.02 Å². The maximum atomic E-state index is 11.9. The Morgan fingerprint density at radius 1 is 1.40 bits per heavy atom. The number of amides is 1. The first-order valence-corrected chi connectivity index (χ1v) is 6.30. The van der Waals surface area contributed by atoms with Crippen LogP contribution in [0.5, 0.6) is 0 Å². The van der Waals surface area contributed by atoms with Crippen LogP contribution in [0.25, 0.3) is 0 Å². The summed E-state index contributed by atoms with van der Waals surface area (Å²) in [7, 11) is 0. The van der Waals surface area contributed by atoms with E-state index in [1.165, 1.54) is 12.1 Å². The molecule has 1 amide bonds. The molecule has 0 spiro atoms. The lowest BCUT2D eigenvalue weighted by atomic mass is 9.91. The predicted molar refractivity (Wildman–Crippen MR) is 78.1 cm³/mol. The summed E-state index contributed by atoms with van der Waals surface area (Å²) >= 11 is 5.68. The Balaban J connectivity index is 2.95. The summed E-state index contributed by atoms with van der Waals surface area (Å²) in [6, 6.07) is 3.85. The van der Waals surface area contributed by atoms with Gasteiger partial charge in [-0.15, -0.1) is 0 Å². The first-order valence-electron chi connectivity index (χ1n) is 5.92. The number of halogens is 1. The van der Waals surface area contributed by atoms with Crippen LogP contribution < -0.4 is 5.43 Å². The molecular formula is C13H16ClN3O3. The summed E-state index contributed by atoms with van der Waals surface area (Å²) in [5.74, 6) is -0.520. The summed E-state index contributed by atoms with van der Waals surface area (Å²) in [6.07, 6.45) is 0. The van der Waals surface area contributed by atoms with E-state index in [1.807, 2.05) is 20.8 Å². The third-order valence-corrected chi connectivity index (χ3v) is 3.14. The van der Waals surface area contributed by atoms with E-state index in [2.05, 4.69) is 10.5 Å². The number of hydrogen-bond donors (Lipinski definition) is 1. The highest BCUT2D eigenvalue weighted by Crippen LogP contribution is 2.25. The van der Waals surface area contributed by atoms with Gasteiger partial charge in [-0.2, -0.15) is 5.10 Å². The number of nitrogens with one attached hydrogen (secondary N) is 1. The van der Waals surface area contributed by atoms with Gasteiger partial charge in [0.15, 0.2) is 0 Å². The van der Waals surface area contributed by atoms with Gasteiger partial charge in [-0.1, -0.05) is 32.4 Å². The number of benzene rings is 1. The number of rotatable bonds is 3. The van der Waals surface area contributed by atoms with Gasteiger partial charge in [0.2, 0.25) is 0 Å². The highest BCUT2D eigenvalue weighted by molar-refractivity contribution is 6.32. The van der Waals surface area contributed by atoms with Crippen LogP contribution in [-0.4, -0.2) is 16.5 Å². The maximum absolute atomic E-state index is 11.9. The number of nitro groups is 1. The topological polar surface area (TPSA) is 84.6 Å². The van der Waals surface area contributed by atoms with Gasteiger partial charge in [0.25, 0.3) is 11.6 Å². The van der Waals surface area contributed by atoms with E-state index in [0.29, 0.717) is 0 Å². The van der Waals surface area contributed by atoms with E-state index >= 15 is 0 Å². The van der Waals surface area contributed by atoms with Crippen molar-refractivity contribution in [3.05, 3.63) is 38.9 Å². The lowest BCUT2D eigenvalue weighted by Gasteiger charge is -2.17. The molecule has 1 N–H and O–H groups in total.